The molecule has 0 aliphatic carbocycles. The van der Waals surface area contributed by atoms with Gasteiger partial charge < -0.3 is 10.6 Å². The highest BCUT2D eigenvalue weighted by Crippen LogP contribution is 2.04. The lowest BCUT2D eigenvalue weighted by molar-refractivity contribution is 0.0950. The minimum atomic E-state index is -0.264. The SMILES string of the molecule is O=C(NCCNc1ccc(-n2cccn2)nn1)c1cnccn1. The van der Waals surface area contributed by atoms with Crippen LogP contribution >= 0.6 is 0 Å². The normalized spacial score (nSPS) is 10.3. The fourth-order valence-electron chi connectivity index (χ4n) is 1.82. The van der Waals surface area contributed by atoms with E-state index in [4.69, 9.17) is 0 Å². The summed E-state index contributed by atoms with van der Waals surface area (Å²) in [6.07, 6.45) is 7.88. The summed E-state index contributed by atoms with van der Waals surface area (Å²) in [4.78, 5) is 19.5. The molecule has 3 rings (SSSR count). The monoisotopic (exact) mass is 310 g/mol. The van der Waals surface area contributed by atoms with Gasteiger partial charge in [0, 0.05) is 37.9 Å². The zero-order valence-corrected chi connectivity index (χ0v) is 12.1. The predicted molar refractivity (Wildman–Crippen MR) is 82.0 cm³/mol. The minimum absolute atomic E-state index is 0.264. The van der Waals surface area contributed by atoms with Crippen LogP contribution in [0.15, 0.2) is 49.2 Å². The van der Waals surface area contributed by atoms with E-state index in [2.05, 4.69) is 35.9 Å². The Morgan fingerprint density at radius 1 is 1.13 bits per heavy atom. The van der Waals surface area contributed by atoms with Crippen LogP contribution in [0.2, 0.25) is 0 Å². The second kappa shape index (κ2) is 7.07. The molecule has 0 saturated carbocycles. The Morgan fingerprint density at radius 3 is 2.78 bits per heavy atom. The van der Waals surface area contributed by atoms with Crippen molar-refractivity contribution in [3.63, 3.8) is 0 Å². The fourth-order valence-corrected chi connectivity index (χ4v) is 1.82. The molecule has 23 heavy (non-hydrogen) atoms. The van der Waals surface area contributed by atoms with Gasteiger partial charge in [-0.15, -0.1) is 10.2 Å². The van der Waals surface area contributed by atoms with Crippen molar-refractivity contribution >= 4 is 11.7 Å². The van der Waals surface area contributed by atoms with Crippen LogP contribution < -0.4 is 10.6 Å². The first-order valence-corrected chi connectivity index (χ1v) is 6.95. The van der Waals surface area contributed by atoms with Gasteiger partial charge in [-0.2, -0.15) is 5.10 Å². The van der Waals surface area contributed by atoms with Crippen molar-refractivity contribution in [2.24, 2.45) is 0 Å². The van der Waals surface area contributed by atoms with Gasteiger partial charge in [0.05, 0.1) is 6.20 Å². The summed E-state index contributed by atoms with van der Waals surface area (Å²) in [5.74, 6) is 0.992. The summed E-state index contributed by atoms with van der Waals surface area (Å²) in [6, 6.07) is 5.42. The number of amides is 1. The molecule has 9 nitrogen and oxygen atoms in total. The van der Waals surface area contributed by atoms with Crippen LogP contribution in [-0.2, 0) is 0 Å². The molecule has 0 unspecified atom stereocenters. The number of nitrogens with one attached hydrogen (secondary N) is 2. The number of aromatic nitrogens is 6. The minimum Gasteiger partial charge on any atom is -0.367 e. The fraction of sp³-hybridized carbons (Fsp3) is 0.143. The molecule has 0 radical (unpaired) electrons. The lowest BCUT2D eigenvalue weighted by atomic mass is 10.4. The van der Waals surface area contributed by atoms with Gasteiger partial charge in [-0.05, 0) is 18.2 Å². The van der Waals surface area contributed by atoms with E-state index in [0.29, 0.717) is 24.7 Å². The van der Waals surface area contributed by atoms with Crippen LogP contribution in [-0.4, -0.2) is 48.9 Å². The molecule has 0 saturated heterocycles. The lowest BCUT2D eigenvalue weighted by Gasteiger charge is -2.07. The third-order valence-electron chi connectivity index (χ3n) is 2.90. The zero-order chi connectivity index (χ0) is 15.9. The van der Waals surface area contributed by atoms with Crippen molar-refractivity contribution in [2.45, 2.75) is 0 Å². The first-order chi connectivity index (χ1) is 11.3. The van der Waals surface area contributed by atoms with Gasteiger partial charge in [0.25, 0.3) is 5.91 Å². The van der Waals surface area contributed by atoms with E-state index in [0.717, 1.165) is 0 Å². The molecule has 116 valence electrons. The molecule has 0 fully saturated rings. The Bertz CT molecular complexity index is 742. The third kappa shape index (κ3) is 3.84. The predicted octanol–water partition coefficient (Wildman–Crippen LogP) is 0.294. The molecule has 0 aliphatic heterocycles. The Morgan fingerprint density at radius 2 is 2.09 bits per heavy atom. The van der Waals surface area contributed by atoms with Crippen LogP contribution in [0.1, 0.15) is 10.5 Å². The van der Waals surface area contributed by atoms with Crippen LogP contribution in [0.5, 0.6) is 0 Å². The van der Waals surface area contributed by atoms with Gasteiger partial charge in [-0.3, -0.25) is 9.78 Å². The van der Waals surface area contributed by atoms with Gasteiger partial charge in [0.1, 0.15) is 11.5 Å². The second-order valence-electron chi connectivity index (χ2n) is 4.50. The molecule has 3 heterocycles. The van der Waals surface area contributed by atoms with E-state index in [1.807, 2.05) is 6.07 Å². The summed E-state index contributed by atoms with van der Waals surface area (Å²) in [6.45, 7) is 0.944. The number of hydrogen-bond donors (Lipinski definition) is 2. The van der Waals surface area contributed by atoms with Gasteiger partial charge in [0.2, 0.25) is 0 Å². The average molecular weight is 310 g/mol. The molecular formula is C14H14N8O. The molecule has 0 atom stereocenters. The molecule has 3 aromatic rings. The summed E-state index contributed by atoms with van der Waals surface area (Å²) >= 11 is 0. The molecule has 0 aromatic carbocycles. The standard InChI is InChI=1S/C14H14N8O/c23-14(11-10-15-5-6-16-11)18-8-7-17-12-2-3-13(21-20-12)22-9-1-4-19-22/h1-6,9-10H,7-8H2,(H,17,20)(H,18,23). The van der Waals surface area contributed by atoms with Crippen LogP contribution in [0.4, 0.5) is 5.82 Å². The lowest BCUT2D eigenvalue weighted by Crippen LogP contribution is -2.29. The Kier molecular flexibility index (Phi) is 4.48. The van der Waals surface area contributed by atoms with Crippen LogP contribution in [0.25, 0.3) is 5.82 Å². The highest BCUT2D eigenvalue weighted by molar-refractivity contribution is 5.91. The molecule has 1 amide bonds. The average Bonchev–Trinajstić information content (AvgIpc) is 3.14. The third-order valence-corrected chi connectivity index (χ3v) is 2.90. The van der Waals surface area contributed by atoms with Crippen molar-refractivity contribution in [2.75, 3.05) is 18.4 Å². The van der Waals surface area contributed by atoms with E-state index in [1.54, 1.807) is 29.2 Å². The van der Waals surface area contributed by atoms with Crippen molar-refractivity contribution in [1.29, 1.82) is 0 Å². The maximum absolute atomic E-state index is 11.8. The summed E-state index contributed by atoms with van der Waals surface area (Å²) < 4.78 is 1.62. The molecule has 0 aliphatic rings. The highest BCUT2D eigenvalue weighted by Gasteiger charge is 2.05. The Labute approximate surface area is 131 Å². The first kappa shape index (κ1) is 14.6. The quantitative estimate of drug-likeness (QED) is 0.630. The molecular weight excluding hydrogens is 296 g/mol. The number of carbonyl (C=O) groups excluding carboxylic acids is 1. The van der Waals surface area contributed by atoms with E-state index in [-0.39, 0.29) is 11.6 Å². The maximum atomic E-state index is 11.8. The number of nitrogens with zero attached hydrogens (tertiary/aromatic N) is 6. The highest BCUT2D eigenvalue weighted by atomic mass is 16.1. The molecule has 0 bridgehead atoms. The second-order valence-corrected chi connectivity index (χ2v) is 4.50. The summed E-state index contributed by atoms with van der Waals surface area (Å²) in [7, 11) is 0. The van der Waals surface area contributed by atoms with Gasteiger partial charge in [-0.1, -0.05) is 0 Å². The summed E-state index contributed by atoms with van der Waals surface area (Å²) in [5, 5.41) is 18.0. The molecule has 9 heteroatoms. The van der Waals surface area contributed by atoms with Crippen molar-refractivity contribution in [3.8, 4) is 5.82 Å². The maximum Gasteiger partial charge on any atom is 0.271 e. The number of rotatable bonds is 6. The van der Waals surface area contributed by atoms with E-state index >= 15 is 0 Å². The van der Waals surface area contributed by atoms with E-state index < -0.39 is 0 Å². The van der Waals surface area contributed by atoms with Crippen molar-refractivity contribution in [3.05, 3.63) is 54.9 Å². The largest absolute Gasteiger partial charge is 0.367 e. The molecule has 2 N–H and O–H groups in total. The van der Waals surface area contributed by atoms with Crippen molar-refractivity contribution in [1.82, 2.24) is 35.3 Å². The molecule has 0 spiro atoms. The topological polar surface area (TPSA) is 111 Å². The number of anilines is 1. The first-order valence-electron chi connectivity index (χ1n) is 6.95. The van der Waals surface area contributed by atoms with Crippen molar-refractivity contribution < 1.29 is 4.79 Å². The van der Waals surface area contributed by atoms with Gasteiger partial charge in [0.15, 0.2) is 5.82 Å². The van der Waals surface area contributed by atoms with Crippen LogP contribution in [0, 0.1) is 0 Å². The van der Waals surface area contributed by atoms with E-state index in [1.165, 1.54) is 18.6 Å². The van der Waals surface area contributed by atoms with E-state index in [9.17, 15) is 4.79 Å². The summed E-state index contributed by atoms with van der Waals surface area (Å²) in [5.41, 5.74) is 0.288. The number of hydrogen-bond acceptors (Lipinski definition) is 7. The number of carbonyl (C=O) groups is 1. The van der Waals surface area contributed by atoms with Gasteiger partial charge in [-0.25, -0.2) is 9.67 Å². The smallest absolute Gasteiger partial charge is 0.271 e. The Balaban J connectivity index is 1.45. The van der Waals surface area contributed by atoms with Gasteiger partial charge >= 0.3 is 0 Å². The van der Waals surface area contributed by atoms with Crippen LogP contribution in [0.3, 0.4) is 0 Å². The Hall–Kier alpha value is -3.36. The molecule has 3 aromatic heterocycles. The zero-order valence-electron chi connectivity index (χ0n) is 12.1.